The number of nitrogens with two attached hydrogens (primary N) is 1. The minimum Gasteiger partial charge on any atom is -0.416 e. The second-order valence-corrected chi connectivity index (χ2v) is 5.55. The van der Waals surface area contributed by atoms with Crippen LogP contribution in [-0.4, -0.2) is 16.2 Å². The molecule has 2 aromatic rings. The van der Waals surface area contributed by atoms with E-state index in [9.17, 15) is 0 Å². The Hall–Kier alpha value is -1.04. The van der Waals surface area contributed by atoms with Crippen molar-refractivity contribution in [3.63, 3.8) is 0 Å². The normalized spacial score (nSPS) is 12.7. The average molecular weight is 284 g/mol. The lowest BCUT2D eigenvalue weighted by Gasteiger charge is -2.10. The van der Waals surface area contributed by atoms with Gasteiger partial charge in [-0.15, -0.1) is 10.2 Å². The van der Waals surface area contributed by atoms with Crippen molar-refractivity contribution in [1.29, 1.82) is 0 Å². The third-order valence-electron chi connectivity index (χ3n) is 2.27. The molecule has 2 rings (SSSR count). The second-order valence-electron chi connectivity index (χ2n) is 4.12. The summed E-state index contributed by atoms with van der Waals surface area (Å²) in [5.41, 5.74) is 6.93. The molecule has 0 radical (unpaired) electrons. The highest BCUT2D eigenvalue weighted by Crippen LogP contribution is 2.31. The first-order valence-corrected chi connectivity index (χ1v) is 6.76. The molecule has 0 saturated carbocycles. The smallest absolute Gasteiger partial charge is 0.281 e. The van der Waals surface area contributed by atoms with Crippen molar-refractivity contribution in [2.75, 3.05) is 0 Å². The average Bonchev–Trinajstić information content (AvgIpc) is 2.67. The van der Waals surface area contributed by atoms with Gasteiger partial charge in [0, 0.05) is 22.9 Å². The van der Waals surface area contributed by atoms with Crippen molar-refractivity contribution in [3.8, 4) is 0 Å². The van der Waals surface area contributed by atoms with E-state index in [1.807, 2.05) is 25.1 Å². The molecule has 6 heteroatoms. The maximum Gasteiger partial charge on any atom is 0.281 e. The lowest BCUT2D eigenvalue weighted by atomic mass is 10.1. The Labute approximate surface area is 115 Å². The minimum absolute atomic E-state index is 0.0761. The molecule has 0 aliphatic carbocycles. The lowest BCUT2D eigenvalue weighted by Crippen LogP contribution is -2.18. The van der Waals surface area contributed by atoms with E-state index in [0.29, 0.717) is 16.1 Å². The third-order valence-corrected chi connectivity index (χ3v) is 3.46. The SMILES string of the molecule is Cc1nnc(Sc2ccc(Cl)cc2CC(C)N)o1. The van der Waals surface area contributed by atoms with Gasteiger partial charge in [-0.25, -0.2) is 0 Å². The Bertz CT molecular complexity index is 542. The molecule has 18 heavy (non-hydrogen) atoms. The van der Waals surface area contributed by atoms with Gasteiger partial charge >= 0.3 is 0 Å². The number of aromatic nitrogens is 2. The summed E-state index contributed by atoms with van der Waals surface area (Å²) in [6.07, 6.45) is 0.760. The van der Waals surface area contributed by atoms with Crippen LogP contribution in [-0.2, 0) is 6.42 Å². The number of halogens is 1. The molecule has 1 aromatic heterocycles. The van der Waals surface area contributed by atoms with Crippen molar-refractivity contribution in [2.24, 2.45) is 5.73 Å². The maximum atomic E-state index is 6.01. The van der Waals surface area contributed by atoms with E-state index in [2.05, 4.69) is 10.2 Å². The van der Waals surface area contributed by atoms with Gasteiger partial charge < -0.3 is 10.2 Å². The quantitative estimate of drug-likeness (QED) is 0.934. The van der Waals surface area contributed by atoms with Crippen molar-refractivity contribution < 1.29 is 4.42 Å². The van der Waals surface area contributed by atoms with Gasteiger partial charge in [-0.3, -0.25) is 0 Å². The summed E-state index contributed by atoms with van der Waals surface area (Å²) in [7, 11) is 0. The van der Waals surface area contributed by atoms with Crippen molar-refractivity contribution >= 4 is 23.4 Å². The Morgan fingerprint density at radius 3 is 2.83 bits per heavy atom. The summed E-state index contributed by atoms with van der Waals surface area (Å²) >= 11 is 7.44. The van der Waals surface area contributed by atoms with Crippen LogP contribution in [0.25, 0.3) is 0 Å². The van der Waals surface area contributed by atoms with Crippen LogP contribution in [0.4, 0.5) is 0 Å². The topological polar surface area (TPSA) is 64.9 Å². The largest absolute Gasteiger partial charge is 0.416 e. The van der Waals surface area contributed by atoms with Crippen LogP contribution in [0, 0.1) is 6.92 Å². The standard InChI is InChI=1S/C12H14ClN3OS/c1-7(14)5-9-6-10(13)3-4-11(9)18-12-16-15-8(2)17-12/h3-4,6-7H,5,14H2,1-2H3. The van der Waals surface area contributed by atoms with Crippen LogP contribution in [0.3, 0.4) is 0 Å². The number of hydrogen-bond donors (Lipinski definition) is 1. The van der Waals surface area contributed by atoms with Gasteiger partial charge in [0.25, 0.3) is 5.22 Å². The molecule has 1 heterocycles. The maximum absolute atomic E-state index is 6.01. The molecule has 0 spiro atoms. The summed E-state index contributed by atoms with van der Waals surface area (Å²) in [5, 5.41) is 9.00. The van der Waals surface area contributed by atoms with Gasteiger partial charge in [0.05, 0.1) is 0 Å². The van der Waals surface area contributed by atoms with Gasteiger partial charge in [-0.05, 0) is 48.9 Å². The summed E-state index contributed by atoms with van der Waals surface area (Å²) < 4.78 is 5.35. The zero-order chi connectivity index (χ0) is 13.1. The van der Waals surface area contributed by atoms with Crippen LogP contribution in [0.15, 0.2) is 32.7 Å². The monoisotopic (exact) mass is 283 g/mol. The number of nitrogens with zero attached hydrogens (tertiary/aromatic N) is 2. The fourth-order valence-electron chi connectivity index (χ4n) is 1.57. The molecule has 2 N–H and O–H groups in total. The Kier molecular flexibility index (Phi) is 4.27. The molecular formula is C12H14ClN3OS. The van der Waals surface area contributed by atoms with Gasteiger partial charge in [0.1, 0.15) is 0 Å². The number of hydrogen-bond acceptors (Lipinski definition) is 5. The van der Waals surface area contributed by atoms with E-state index in [1.54, 1.807) is 6.92 Å². The Morgan fingerprint density at radius 2 is 2.22 bits per heavy atom. The minimum atomic E-state index is 0.0761. The molecule has 0 aliphatic heterocycles. The van der Waals surface area contributed by atoms with Crippen LogP contribution in [0.1, 0.15) is 18.4 Å². The first-order valence-electron chi connectivity index (χ1n) is 5.56. The molecule has 0 saturated heterocycles. The van der Waals surface area contributed by atoms with Gasteiger partial charge in [-0.1, -0.05) is 11.6 Å². The molecule has 4 nitrogen and oxygen atoms in total. The molecule has 0 amide bonds. The van der Waals surface area contributed by atoms with Crippen LogP contribution < -0.4 is 5.73 Å². The van der Waals surface area contributed by atoms with E-state index in [4.69, 9.17) is 21.8 Å². The zero-order valence-corrected chi connectivity index (χ0v) is 11.8. The van der Waals surface area contributed by atoms with E-state index in [-0.39, 0.29) is 6.04 Å². The Balaban J connectivity index is 2.26. The highest BCUT2D eigenvalue weighted by molar-refractivity contribution is 7.99. The second kappa shape index (κ2) is 5.73. The highest BCUT2D eigenvalue weighted by Gasteiger charge is 2.11. The summed E-state index contributed by atoms with van der Waals surface area (Å²) in [5.74, 6) is 0.556. The molecule has 1 unspecified atom stereocenters. The molecule has 1 aromatic carbocycles. The predicted octanol–water partition coefficient (Wildman–Crippen LogP) is 3.07. The lowest BCUT2D eigenvalue weighted by molar-refractivity contribution is 0.429. The summed E-state index contributed by atoms with van der Waals surface area (Å²) in [4.78, 5) is 1.04. The molecule has 0 bridgehead atoms. The van der Waals surface area contributed by atoms with E-state index < -0.39 is 0 Å². The van der Waals surface area contributed by atoms with Crippen molar-refractivity contribution in [2.45, 2.75) is 36.4 Å². The molecule has 0 fully saturated rings. The fraction of sp³-hybridized carbons (Fsp3) is 0.333. The van der Waals surface area contributed by atoms with E-state index in [1.165, 1.54) is 11.8 Å². The number of aryl methyl sites for hydroxylation is 1. The van der Waals surface area contributed by atoms with Crippen LogP contribution in [0.2, 0.25) is 5.02 Å². The zero-order valence-electron chi connectivity index (χ0n) is 10.2. The predicted molar refractivity (Wildman–Crippen MR) is 72.0 cm³/mol. The molecule has 0 aliphatic rings. The van der Waals surface area contributed by atoms with Crippen molar-refractivity contribution in [3.05, 3.63) is 34.7 Å². The highest BCUT2D eigenvalue weighted by atomic mass is 35.5. The molecule has 96 valence electrons. The van der Waals surface area contributed by atoms with Crippen LogP contribution >= 0.6 is 23.4 Å². The van der Waals surface area contributed by atoms with Crippen molar-refractivity contribution in [1.82, 2.24) is 10.2 Å². The van der Waals surface area contributed by atoms with Gasteiger partial charge in [-0.2, -0.15) is 0 Å². The van der Waals surface area contributed by atoms with Gasteiger partial charge in [0.2, 0.25) is 5.89 Å². The summed E-state index contributed by atoms with van der Waals surface area (Å²) in [6.45, 7) is 3.73. The number of benzene rings is 1. The first-order chi connectivity index (χ1) is 8.54. The fourth-order valence-corrected chi connectivity index (χ4v) is 2.60. The first kappa shape index (κ1) is 13.4. The molecule has 1 atom stereocenters. The van der Waals surface area contributed by atoms with Crippen LogP contribution in [0.5, 0.6) is 0 Å². The van der Waals surface area contributed by atoms with E-state index >= 15 is 0 Å². The molecular weight excluding hydrogens is 270 g/mol. The van der Waals surface area contributed by atoms with Gasteiger partial charge in [0.15, 0.2) is 0 Å². The Morgan fingerprint density at radius 1 is 1.44 bits per heavy atom. The van der Waals surface area contributed by atoms with E-state index in [0.717, 1.165) is 16.9 Å². The summed E-state index contributed by atoms with van der Waals surface area (Å²) in [6, 6.07) is 5.80. The third kappa shape index (κ3) is 3.48. The number of rotatable bonds is 4.